The number of ether oxygens (including phenoxy) is 1. The van der Waals surface area contributed by atoms with Crippen LogP contribution in [-0.4, -0.2) is 42.3 Å². The van der Waals surface area contributed by atoms with Gasteiger partial charge in [0.15, 0.2) is 0 Å². The first-order valence-corrected chi connectivity index (χ1v) is 5.83. The molecule has 0 radical (unpaired) electrons. The summed E-state index contributed by atoms with van der Waals surface area (Å²) in [5.41, 5.74) is 1.40. The van der Waals surface area contributed by atoms with Crippen LogP contribution in [0.4, 0.5) is 0 Å². The molecule has 1 unspecified atom stereocenters. The van der Waals surface area contributed by atoms with Gasteiger partial charge in [-0.15, -0.1) is 0 Å². The van der Waals surface area contributed by atoms with Crippen LogP contribution in [0.5, 0.6) is 0 Å². The number of hydrogen-bond donors (Lipinski definition) is 1. The average molecular weight is 235 g/mol. The van der Waals surface area contributed by atoms with E-state index in [9.17, 15) is 4.79 Å². The Morgan fingerprint density at radius 2 is 2.12 bits per heavy atom. The standard InChI is InChI=1S/C13H17NO3/c1-10(14-5-7-17-8-6-14)11-3-2-4-12(9-11)13(15)16/h2-4,9-10H,5-8H2,1H3,(H,15,16). The van der Waals surface area contributed by atoms with Gasteiger partial charge in [-0.2, -0.15) is 0 Å². The maximum absolute atomic E-state index is 10.9. The SMILES string of the molecule is CC(c1cccc(C(=O)O)c1)N1CCOCC1. The lowest BCUT2D eigenvalue weighted by Gasteiger charge is -2.32. The Kier molecular flexibility index (Phi) is 3.76. The third-order valence-corrected chi connectivity index (χ3v) is 3.21. The molecule has 1 atom stereocenters. The molecule has 0 saturated carbocycles. The van der Waals surface area contributed by atoms with E-state index in [1.54, 1.807) is 18.2 Å². The predicted octanol–water partition coefficient (Wildman–Crippen LogP) is 1.78. The van der Waals surface area contributed by atoms with Crippen molar-refractivity contribution in [1.82, 2.24) is 4.90 Å². The molecule has 1 aromatic carbocycles. The topological polar surface area (TPSA) is 49.8 Å². The normalized spacial score (nSPS) is 18.9. The van der Waals surface area contributed by atoms with Gasteiger partial charge in [0.1, 0.15) is 0 Å². The fourth-order valence-electron chi connectivity index (χ4n) is 2.11. The van der Waals surface area contributed by atoms with Crippen LogP contribution in [0.15, 0.2) is 24.3 Å². The van der Waals surface area contributed by atoms with Crippen LogP contribution >= 0.6 is 0 Å². The number of benzene rings is 1. The molecule has 0 spiro atoms. The summed E-state index contributed by atoms with van der Waals surface area (Å²) in [5.74, 6) is -0.874. The number of morpholine rings is 1. The summed E-state index contributed by atoms with van der Waals surface area (Å²) in [5, 5.41) is 8.97. The highest BCUT2D eigenvalue weighted by atomic mass is 16.5. The van der Waals surface area contributed by atoms with Crippen molar-refractivity contribution in [3.05, 3.63) is 35.4 Å². The van der Waals surface area contributed by atoms with Crippen LogP contribution in [0.3, 0.4) is 0 Å². The van der Waals surface area contributed by atoms with Crippen molar-refractivity contribution in [3.63, 3.8) is 0 Å². The molecule has 1 saturated heterocycles. The molecule has 1 aliphatic rings. The van der Waals surface area contributed by atoms with Gasteiger partial charge in [0, 0.05) is 19.1 Å². The fraction of sp³-hybridized carbons (Fsp3) is 0.462. The van der Waals surface area contributed by atoms with Crippen LogP contribution in [0.25, 0.3) is 0 Å². The first-order valence-electron chi connectivity index (χ1n) is 5.83. The van der Waals surface area contributed by atoms with Crippen molar-refractivity contribution in [2.24, 2.45) is 0 Å². The van der Waals surface area contributed by atoms with Crippen LogP contribution in [0.1, 0.15) is 28.9 Å². The van der Waals surface area contributed by atoms with Crippen molar-refractivity contribution in [1.29, 1.82) is 0 Å². The highest BCUT2D eigenvalue weighted by molar-refractivity contribution is 5.87. The molecule has 4 heteroatoms. The molecule has 0 bridgehead atoms. The van der Waals surface area contributed by atoms with Gasteiger partial charge in [-0.25, -0.2) is 4.79 Å². The summed E-state index contributed by atoms with van der Waals surface area (Å²) < 4.78 is 5.31. The van der Waals surface area contributed by atoms with Crippen molar-refractivity contribution in [3.8, 4) is 0 Å². The van der Waals surface area contributed by atoms with Crippen LogP contribution < -0.4 is 0 Å². The highest BCUT2D eigenvalue weighted by Crippen LogP contribution is 2.21. The monoisotopic (exact) mass is 235 g/mol. The Balaban J connectivity index is 2.14. The lowest BCUT2D eigenvalue weighted by Crippen LogP contribution is -2.38. The van der Waals surface area contributed by atoms with Crippen LogP contribution in [0, 0.1) is 0 Å². The largest absolute Gasteiger partial charge is 0.478 e. The van der Waals surface area contributed by atoms with Gasteiger partial charge in [-0.05, 0) is 24.6 Å². The van der Waals surface area contributed by atoms with E-state index in [0.29, 0.717) is 5.56 Å². The molecular weight excluding hydrogens is 218 g/mol. The smallest absolute Gasteiger partial charge is 0.335 e. The third-order valence-electron chi connectivity index (χ3n) is 3.21. The van der Waals surface area contributed by atoms with Crippen molar-refractivity contribution < 1.29 is 14.6 Å². The Bertz CT molecular complexity index is 399. The van der Waals surface area contributed by atoms with Crippen molar-refractivity contribution >= 4 is 5.97 Å². The van der Waals surface area contributed by atoms with E-state index in [1.807, 2.05) is 6.07 Å². The quantitative estimate of drug-likeness (QED) is 0.867. The van der Waals surface area contributed by atoms with Crippen LogP contribution in [0.2, 0.25) is 0 Å². The molecule has 17 heavy (non-hydrogen) atoms. The van der Waals surface area contributed by atoms with Gasteiger partial charge in [0.05, 0.1) is 18.8 Å². The number of aromatic carboxylic acids is 1. The molecule has 2 rings (SSSR count). The molecule has 0 aliphatic carbocycles. The second kappa shape index (κ2) is 5.29. The molecule has 1 fully saturated rings. The van der Waals surface area contributed by atoms with Crippen molar-refractivity contribution in [2.45, 2.75) is 13.0 Å². The minimum atomic E-state index is -0.874. The number of nitrogens with zero attached hydrogens (tertiary/aromatic N) is 1. The Morgan fingerprint density at radius 1 is 1.41 bits per heavy atom. The molecule has 4 nitrogen and oxygen atoms in total. The number of hydrogen-bond acceptors (Lipinski definition) is 3. The van der Waals surface area contributed by atoms with Gasteiger partial charge in [-0.3, -0.25) is 4.90 Å². The predicted molar refractivity (Wildman–Crippen MR) is 64.2 cm³/mol. The van der Waals surface area contributed by atoms with E-state index in [2.05, 4.69) is 11.8 Å². The Morgan fingerprint density at radius 3 is 2.76 bits per heavy atom. The second-order valence-corrected chi connectivity index (χ2v) is 4.25. The maximum Gasteiger partial charge on any atom is 0.335 e. The molecular formula is C13H17NO3. The van der Waals surface area contributed by atoms with E-state index in [0.717, 1.165) is 31.9 Å². The average Bonchev–Trinajstić information content (AvgIpc) is 2.39. The fourth-order valence-corrected chi connectivity index (χ4v) is 2.11. The number of carbonyl (C=O) groups is 1. The lowest BCUT2D eigenvalue weighted by atomic mass is 10.0. The molecule has 0 aromatic heterocycles. The maximum atomic E-state index is 10.9. The Labute approximate surface area is 101 Å². The Hall–Kier alpha value is -1.39. The number of carboxylic acid groups (broad SMARTS) is 1. The minimum Gasteiger partial charge on any atom is -0.478 e. The van der Waals surface area contributed by atoms with Gasteiger partial charge in [0.25, 0.3) is 0 Å². The molecule has 92 valence electrons. The summed E-state index contributed by atoms with van der Waals surface area (Å²) in [6.07, 6.45) is 0. The van der Waals surface area contributed by atoms with E-state index in [1.165, 1.54) is 0 Å². The van der Waals surface area contributed by atoms with E-state index < -0.39 is 5.97 Å². The molecule has 1 N–H and O–H groups in total. The van der Waals surface area contributed by atoms with E-state index >= 15 is 0 Å². The van der Waals surface area contributed by atoms with Gasteiger partial charge in [0.2, 0.25) is 0 Å². The second-order valence-electron chi connectivity index (χ2n) is 4.25. The summed E-state index contributed by atoms with van der Waals surface area (Å²) in [7, 11) is 0. The summed E-state index contributed by atoms with van der Waals surface area (Å²) in [6.45, 7) is 5.41. The molecule has 0 amide bonds. The molecule has 1 aliphatic heterocycles. The van der Waals surface area contributed by atoms with E-state index in [4.69, 9.17) is 9.84 Å². The van der Waals surface area contributed by atoms with E-state index in [-0.39, 0.29) is 6.04 Å². The molecule has 1 aromatic rings. The van der Waals surface area contributed by atoms with Crippen LogP contribution in [-0.2, 0) is 4.74 Å². The summed E-state index contributed by atoms with van der Waals surface area (Å²) >= 11 is 0. The zero-order valence-electron chi connectivity index (χ0n) is 9.93. The zero-order valence-corrected chi connectivity index (χ0v) is 9.93. The first-order chi connectivity index (χ1) is 8.18. The summed E-state index contributed by atoms with van der Waals surface area (Å²) in [6, 6.07) is 7.39. The van der Waals surface area contributed by atoms with Crippen molar-refractivity contribution in [2.75, 3.05) is 26.3 Å². The summed E-state index contributed by atoms with van der Waals surface area (Å²) in [4.78, 5) is 13.2. The zero-order chi connectivity index (χ0) is 12.3. The lowest BCUT2D eigenvalue weighted by molar-refractivity contribution is 0.0198. The van der Waals surface area contributed by atoms with Gasteiger partial charge >= 0.3 is 5.97 Å². The van der Waals surface area contributed by atoms with Gasteiger partial charge < -0.3 is 9.84 Å². The number of carboxylic acids is 1. The highest BCUT2D eigenvalue weighted by Gasteiger charge is 2.19. The first kappa shape index (κ1) is 12.1. The third kappa shape index (κ3) is 2.84. The minimum absolute atomic E-state index is 0.234. The van der Waals surface area contributed by atoms with Gasteiger partial charge in [-0.1, -0.05) is 12.1 Å². The number of rotatable bonds is 3. The molecule has 1 heterocycles.